The highest BCUT2D eigenvalue weighted by molar-refractivity contribution is 5.66. The molecule has 1 aliphatic heterocycles. The van der Waals surface area contributed by atoms with Crippen molar-refractivity contribution >= 4 is 5.97 Å². The average molecular weight is 312 g/mol. The van der Waals surface area contributed by atoms with Crippen molar-refractivity contribution in [2.45, 2.75) is 95.9 Å². The number of aliphatic carboxylic acids is 1. The summed E-state index contributed by atoms with van der Waals surface area (Å²) in [6.45, 7) is 2.20. The number of hydrogen-bond acceptors (Lipinski definition) is 3. The van der Waals surface area contributed by atoms with E-state index < -0.39 is 5.97 Å². The smallest absolute Gasteiger partial charge is 0.303 e. The number of carboxylic acids is 1. The molecule has 4 heteroatoms. The van der Waals surface area contributed by atoms with Crippen molar-refractivity contribution in [3.8, 4) is 0 Å². The highest BCUT2D eigenvalue weighted by Crippen LogP contribution is 2.29. The fourth-order valence-corrected chi connectivity index (χ4v) is 2.67. The number of carboxylic acid groups (broad SMARTS) is 1. The summed E-state index contributed by atoms with van der Waals surface area (Å²) in [7, 11) is 0. The molecule has 0 aromatic rings. The highest BCUT2D eigenvalue weighted by atomic mass is 16.6. The van der Waals surface area contributed by atoms with E-state index in [-0.39, 0.29) is 24.7 Å². The van der Waals surface area contributed by atoms with Crippen LogP contribution in [-0.2, 0) is 9.53 Å². The number of allylic oxidation sites excluding steroid dienone is 1. The lowest BCUT2D eigenvalue weighted by Gasteiger charge is -2.06. The second-order valence-electron chi connectivity index (χ2n) is 6.26. The van der Waals surface area contributed by atoms with Gasteiger partial charge >= 0.3 is 5.97 Å². The van der Waals surface area contributed by atoms with Crippen LogP contribution >= 0.6 is 0 Å². The van der Waals surface area contributed by atoms with E-state index in [0.717, 1.165) is 44.9 Å². The Balaban J connectivity index is 1.94. The summed E-state index contributed by atoms with van der Waals surface area (Å²) in [5, 5.41) is 18.6. The third-order valence-corrected chi connectivity index (χ3v) is 4.13. The number of rotatable bonds is 14. The molecule has 0 bridgehead atoms. The molecule has 128 valence electrons. The Kier molecular flexibility index (Phi) is 10.2. The molecule has 0 spiro atoms. The molecule has 1 rings (SSSR count). The first kappa shape index (κ1) is 19.2. The van der Waals surface area contributed by atoms with Crippen LogP contribution in [0.5, 0.6) is 0 Å². The van der Waals surface area contributed by atoms with Crippen LogP contribution in [0.2, 0.25) is 0 Å². The van der Waals surface area contributed by atoms with Crippen LogP contribution in [0, 0.1) is 0 Å². The number of carbonyl (C=O) groups is 1. The van der Waals surface area contributed by atoms with Crippen LogP contribution in [0.4, 0.5) is 0 Å². The van der Waals surface area contributed by atoms with Crippen molar-refractivity contribution in [1.82, 2.24) is 0 Å². The van der Waals surface area contributed by atoms with Gasteiger partial charge in [-0.15, -0.1) is 0 Å². The largest absolute Gasteiger partial charge is 0.481 e. The summed E-state index contributed by atoms with van der Waals surface area (Å²) in [5.41, 5.74) is 0. The van der Waals surface area contributed by atoms with Crippen LogP contribution in [0.1, 0.15) is 77.6 Å². The van der Waals surface area contributed by atoms with E-state index in [0.29, 0.717) is 0 Å². The lowest BCUT2D eigenvalue weighted by atomic mass is 10.0. The van der Waals surface area contributed by atoms with Crippen LogP contribution < -0.4 is 0 Å². The van der Waals surface area contributed by atoms with Crippen molar-refractivity contribution in [2.75, 3.05) is 0 Å². The van der Waals surface area contributed by atoms with Gasteiger partial charge in [-0.2, -0.15) is 0 Å². The molecule has 0 aromatic heterocycles. The van der Waals surface area contributed by atoms with Crippen LogP contribution in [0.3, 0.4) is 0 Å². The van der Waals surface area contributed by atoms with E-state index in [1.54, 1.807) is 0 Å². The Labute approximate surface area is 134 Å². The van der Waals surface area contributed by atoms with Crippen LogP contribution in [0.25, 0.3) is 0 Å². The number of aliphatic hydroxyl groups is 1. The second kappa shape index (κ2) is 11.7. The Bertz CT molecular complexity index is 327. The molecule has 1 heterocycles. The highest BCUT2D eigenvalue weighted by Gasteiger charge is 2.41. The molecule has 0 unspecified atom stereocenters. The lowest BCUT2D eigenvalue weighted by Crippen LogP contribution is -2.16. The van der Waals surface area contributed by atoms with Crippen molar-refractivity contribution in [3.05, 3.63) is 12.2 Å². The zero-order chi connectivity index (χ0) is 16.2. The van der Waals surface area contributed by atoms with Crippen LogP contribution in [0.15, 0.2) is 12.2 Å². The zero-order valence-electron chi connectivity index (χ0n) is 13.9. The standard InChI is InChI=1S/C18H32O4/c1-2-3-4-6-10-13-16-18(22-16)15(19)12-9-7-5-8-11-14-17(20)21/h10,13,15-16,18-19H,2-9,11-12,14H2,1H3,(H,20,21)/b13-10-/t15-,16+,18+/m1/s1. The van der Waals surface area contributed by atoms with Crippen molar-refractivity contribution in [1.29, 1.82) is 0 Å². The monoisotopic (exact) mass is 312 g/mol. The lowest BCUT2D eigenvalue weighted by molar-refractivity contribution is -0.137. The summed E-state index contributed by atoms with van der Waals surface area (Å²) in [6.07, 6.45) is 14.7. The molecular formula is C18H32O4. The minimum Gasteiger partial charge on any atom is -0.481 e. The van der Waals surface area contributed by atoms with Gasteiger partial charge in [-0.1, -0.05) is 57.6 Å². The molecule has 3 atom stereocenters. The van der Waals surface area contributed by atoms with Crippen molar-refractivity contribution in [3.63, 3.8) is 0 Å². The first-order chi connectivity index (χ1) is 10.6. The summed E-state index contributed by atoms with van der Waals surface area (Å²) in [4.78, 5) is 10.4. The Morgan fingerprint density at radius 2 is 1.86 bits per heavy atom. The molecule has 22 heavy (non-hydrogen) atoms. The van der Waals surface area contributed by atoms with Crippen molar-refractivity contribution in [2.24, 2.45) is 0 Å². The third kappa shape index (κ3) is 9.21. The van der Waals surface area contributed by atoms with E-state index >= 15 is 0 Å². The fourth-order valence-electron chi connectivity index (χ4n) is 2.67. The minimum absolute atomic E-state index is 0.00515. The van der Waals surface area contributed by atoms with Gasteiger partial charge in [-0.3, -0.25) is 4.79 Å². The third-order valence-electron chi connectivity index (χ3n) is 4.13. The molecule has 1 fully saturated rings. The summed E-state index contributed by atoms with van der Waals surface area (Å²) < 4.78 is 5.51. The van der Waals surface area contributed by atoms with Gasteiger partial charge < -0.3 is 14.9 Å². The first-order valence-electron chi connectivity index (χ1n) is 8.87. The minimum atomic E-state index is -0.713. The van der Waals surface area contributed by atoms with E-state index in [9.17, 15) is 9.90 Å². The SMILES string of the molecule is CCCCC/C=C\[C@@H]1O[C@H]1[C@H](O)CCCCCCCC(=O)O. The van der Waals surface area contributed by atoms with Crippen molar-refractivity contribution < 1.29 is 19.7 Å². The van der Waals surface area contributed by atoms with Gasteiger partial charge in [0, 0.05) is 6.42 Å². The Morgan fingerprint density at radius 1 is 1.14 bits per heavy atom. The predicted molar refractivity (Wildman–Crippen MR) is 87.9 cm³/mol. The molecule has 0 saturated carbocycles. The Morgan fingerprint density at radius 3 is 2.59 bits per heavy atom. The number of epoxide rings is 1. The van der Waals surface area contributed by atoms with Gasteiger partial charge in [-0.25, -0.2) is 0 Å². The molecule has 1 saturated heterocycles. The summed E-state index contributed by atoms with van der Waals surface area (Å²) in [5.74, 6) is -0.713. The summed E-state index contributed by atoms with van der Waals surface area (Å²) >= 11 is 0. The van der Waals surface area contributed by atoms with Gasteiger partial charge in [0.1, 0.15) is 12.2 Å². The maximum atomic E-state index is 10.4. The second-order valence-corrected chi connectivity index (χ2v) is 6.26. The maximum absolute atomic E-state index is 10.4. The van der Waals surface area contributed by atoms with Gasteiger partial charge in [0.05, 0.1) is 6.10 Å². The normalized spacial score (nSPS) is 22.1. The molecule has 1 aliphatic rings. The topological polar surface area (TPSA) is 70.1 Å². The van der Waals surface area contributed by atoms with Gasteiger partial charge in [0.15, 0.2) is 0 Å². The van der Waals surface area contributed by atoms with E-state index in [1.807, 2.05) is 0 Å². The van der Waals surface area contributed by atoms with Gasteiger partial charge in [0.2, 0.25) is 0 Å². The van der Waals surface area contributed by atoms with Gasteiger partial charge in [0.25, 0.3) is 0 Å². The van der Waals surface area contributed by atoms with E-state index in [1.165, 1.54) is 19.3 Å². The molecule has 0 amide bonds. The van der Waals surface area contributed by atoms with E-state index in [2.05, 4.69) is 19.1 Å². The number of unbranched alkanes of at least 4 members (excludes halogenated alkanes) is 7. The molecule has 2 N–H and O–H groups in total. The van der Waals surface area contributed by atoms with E-state index in [4.69, 9.17) is 9.84 Å². The molecule has 0 radical (unpaired) electrons. The number of aliphatic hydroxyl groups excluding tert-OH is 1. The maximum Gasteiger partial charge on any atom is 0.303 e. The first-order valence-corrected chi connectivity index (χ1v) is 8.87. The molecule has 4 nitrogen and oxygen atoms in total. The van der Waals surface area contributed by atoms with Crippen LogP contribution in [-0.4, -0.2) is 34.5 Å². The molecule has 0 aliphatic carbocycles. The fraction of sp³-hybridized carbons (Fsp3) is 0.833. The Hall–Kier alpha value is -0.870. The molecular weight excluding hydrogens is 280 g/mol. The molecule has 0 aromatic carbocycles. The average Bonchev–Trinajstić information content (AvgIpc) is 3.25. The zero-order valence-corrected chi connectivity index (χ0v) is 13.9. The van der Waals surface area contributed by atoms with Gasteiger partial charge in [-0.05, 0) is 25.7 Å². The predicted octanol–water partition coefficient (Wildman–Crippen LogP) is 4.07. The number of hydrogen-bond donors (Lipinski definition) is 2. The summed E-state index contributed by atoms with van der Waals surface area (Å²) in [6, 6.07) is 0. The quantitative estimate of drug-likeness (QED) is 0.288. The number of ether oxygens (including phenoxy) is 1.